The van der Waals surface area contributed by atoms with Crippen LogP contribution in [-0.4, -0.2) is 20.4 Å². The van der Waals surface area contributed by atoms with Crippen molar-refractivity contribution in [2.24, 2.45) is 13.0 Å². The number of halogens is 1. The molecule has 1 amide bonds. The number of hydrogen-bond acceptors (Lipinski definition) is 3. The van der Waals surface area contributed by atoms with Crippen LogP contribution >= 0.6 is 0 Å². The van der Waals surface area contributed by atoms with E-state index in [4.69, 9.17) is 0 Å². The molecule has 6 heteroatoms. The summed E-state index contributed by atoms with van der Waals surface area (Å²) >= 11 is 0. The molecular formula is C19H21FN4O. The molecule has 0 bridgehead atoms. The summed E-state index contributed by atoms with van der Waals surface area (Å²) in [5.74, 6) is 0.0736. The lowest BCUT2D eigenvalue weighted by Crippen LogP contribution is -2.31. The van der Waals surface area contributed by atoms with Crippen molar-refractivity contribution in [2.45, 2.75) is 26.3 Å². The Hall–Kier alpha value is -2.76. The molecule has 0 aliphatic heterocycles. The summed E-state index contributed by atoms with van der Waals surface area (Å²) in [5.41, 5.74) is 1.56. The first-order chi connectivity index (χ1) is 12.0. The predicted molar refractivity (Wildman–Crippen MR) is 94.6 cm³/mol. The van der Waals surface area contributed by atoms with Crippen LogP contribution in [0.2, 0.25) is 0 Å². The number of hydrogen-bond donors (Lipinski definition) is 1. The first-order valence-electron chi connectivity index (χ1n) is 8.30. The molecule has 0 saturated heterocycles. The van der Waals surface area contributed by atoms with Crippen LogP contribution in [0, 0.1) is 11.7 Å². The van der Waals surface area contributed by atoms with Crippen molar-refractivity contribution in [3.05, 3.63) is 59.8 Å². The van der Waals surface area contributed by atoms with Gasteiger partial charge in [0.15, 0.2) is 5.65 Å². The van der Waals surface area contributed by atoms with Gasteiger partial charge in [0.1, 0.15) is 17.2 Å². The van der Waals surface area contributed by atoms with Gasteiger partial charge in [-0.15, -0.1) is 0 Å². The minimum Gasteiger partial charge on any atom is -0.342 e. The van der Waals surface area contributed by atoms with Crippen LogP contribution < -0.4 is 5.32 Å². The Bertz CT molecular complexity index is 903. The van der Waals surface area contributed by atoms with Crippen molar-refractivity contribution in [3.63, 3.8) is 0 Å². The van der Waals surface area contributed by atoms with Crippen LogP contribution in [0.5, 0.6) is 0 Å². The van der Waals surface area contributed by atoms with E-state index in [9.17, 15) is 9.18 Å². The fraction of sp³-hybridized carbons (Fsp3) is 0.316. The van der Waals surface area contributed by atoms with Gasteiger partial charge in [0.05, 0.1) is 11.6 Å². The van der Waals surface area contributed by atoms with Gasteiger partial charge >= 0.3 is 0 Å². The van der Waals surface area contributed by atoms with E-state index in [0.717, 1.165) is 11.2 Å². The first-order valence-corrected chi connectivity index (χ1v) is 8.30. The quantitative estimate of drug-likeness (QED) is 0.772. The van der Waals surface area contributed by atoms with Crippen molar-refractivity contribution in [3.8, 4) is 0 Å². The number of pyridine rings is 1. The fourth-order valence-corrected chi connectivity index (χ4v) is 2.93. The van der Waals surface area contributed by atoms with Gasteiger partial charge in [-0.3, -0.25) is 4.79 Å². The highest BCUT2D eigenvalue weighted by Crippen LogP contribution is 2.24. The maximum absolute atomic E-state index is 13.9. The third-order valence-corrected chi connectivity index (χ3v) is 4.11. The van der Waals surface area contributed by atoms with Gasteiger partial charge in [-0.2, -0.15) is 0 Å². The van der Waals surface area contributed by atoms with E-state index < -0.39 is 11.7 Å². The van der Waals surface area contributed by atoms with E-state index in [1.54, 1.807) is 18.3 Å². The SMILES string of the molecule is CC(C)CC(NC(=O)c1ccccc1F)c1nc2cccnc2n1C. The van der Waals surface area contributed by atoms with Crippen LogP contribution in [0.1, 0.15) is 42.5 Å². The highest BCUT2D eigenvalue weighted by atomic mass is 19.1. The largest absolute Gasteiger partial charge is 0.342 e. The molecular weight excluding hydrogens is 319 g/mol. The summed E-state index contributed by atoms with van der Waals surface area (Å²) in [6.45, 7) is 4.15. The number of nitrogens with zero attached hydrogens (tertiary/aromatic N) is 3. The Kier molecular flexibility index (Phi) is 4.79. The molecule has 1 unspecified atom stereocenters. The zero-order valence-corrected chi connectivity index (χ0v) is 14.5. The summed E-state index contributed by atoms with van der Waals surface area (Å²) in [7, 11) is 1.88. The van der Waals surface area contributed by atoms with Gasteiger partial charge in [-0.25, -0.2) is 14.4 Å². The molecule has 3 aromatic rings. The van der Waals surface area contributed by atoms with Gasteiger partial charge in [0.2, 0.25) is 0 Å². The molecule has 0 spiro atoms. The molecule has 1 aromatic carbocycles. The van der Waals surface area contributed by atoms with Gasteiger partial charge in [0, 0.05) is 13.2 Å². The van der Waals surface area contributed by atoms with E-state index in [1.165, 1.54) is 12.1 Å². The lowest BCUT2D eigenvalue weighted by atomic mass is 10.0. The molecule has 3 rings (SSSR count). The smallest absolute Gasteiger partial charge is 0.254 e. The van der Waals surface area contributed by atoms with Crippen molar-refractivity contribution in [1.29, 1.82) is 0 Å². The van der Waals surface area contributed by atoms with Crippen LogP contribution in [0.15, 0.2) is 42.6 Å². The highest BCUT2D eigenvalue weighted by Gasteiger charge is 2.23. The number of imidazole rings is 1. The summed E-state index contributed by atoms with van der Waals surface area (Å²) in [6, 6.07) is 9.36. The second-order valence-corrected chi connectivity index (χ2v) is 6.51. The highest BCUT2D eigenvalue weighted by molar-refractivity contribution is 5.94. The molecule has 0 radical (unpaired) electrons. The summed E-state index contributed by atoms with van der Waals surface area (Å²) < 4.78 is 15.8. The molecule has 0 aliphatic rings. The number of aromatic nitrogens is 3. The number of nitrogens with one attached hydrogen (secondary N) is 1. The van der Waals surface area contributed by atoms with E-state index in [2.05, 4.69) is 29.1 Å². The summed E-state index contributed by atoms with van der Waals surface area (Å²) in [5, 5.41) is 2.93. The number of amides is 1. The van der Waals surface area contributed by atoms with E-state index in [1.807, 2.05) is 23.7 Å². The van der Waals surface area contributed by atoms with Crippen LogP contribution in [0.4, 0.5) is 4.39 Å². The van der Waals surface area contributed by atoms with Gasteiger partial charge in [0.25, 0.3) is 5.91 Å². The van der Waals surface area contributed by atoms with E-state index in [0.29, 0.717) is 18.2 Å². The lowest BCUT2D eigenvalue weighted by Gasteiger charge is -2.20. The topological polar surface area (TPSA) is 59.8 Å². The number of carbonyl (C=O) groups excluding carboxylic acids is 1. The van der Waals surface area contributed by atoms with Gasteiger partial charge < -0.3 is 9.88 Å². The van der Waals surface area contributed by atoms with E-state index in [-0.39, 0.29) is 11.6 Å². The van der Waals surface area contributed by atoms with Crippen LogP contribution in [0.3, 0.4) is 0 Å². The maximum Gasteiger partial charge on any atom is 0.254 e. The van der Waals surface area contributed by atoms with Crippen molar-refractivity contribution < 1.29 is 9.18 Å². The second-order valence-electron chi connectivity index (χ2n) is 6.51. The first kappa shape index (κ1) is 17.1. The van der Waals surface area contributed by atoms with Crippen molar-refractivity contribution >= 4 is 17.1 Å². The molecule has 130 valence electrons. The average Bonchev–Trinajstić information content (AvgIpc) is 2.91. The minimum absolute atomic E-state index is 0.0353. The molecule has 25 heavy (non-hydrogen) atoms. The number of carbonyl (C=O) groups is 1. The molecule has 2 heterocycles. The fourth-order valence-electron chi connectivity index (χ4n) is 2.93. The third kappa shape index (κ3) is 3.52. The maximum atomic E-state index is 13.9. The Morgan fingerprint density at radius 2 is 2.00 bits per heavy atom. The standard InChI is InChI=1S/C19H21FN4O/c1-12(2)11-16(23-19(25)13-7-4-5-8-14(13)20)18-22-15-9-6-10-21-17(15)24(18)3/h4-10,12,16H,11H2,1-3H3,(H,23,25). The molecule has 2 aromatic heterocycles. The Labute approximate surface area is 145 Å². The minimum atomic E-state index is -0.532. The normalized spacial score (nSPS) is 12.5. The molecule has 0 saturated carbocycles. The number of fused-ring (bicyclic) bond motifs is 1. The second kappa shape index (κ2) is 7.01. The number of aryl methyl sites for hydroxylation is 1. The zero-order valence-electron chi connectivity index (χ0n) is 14.5. The van der Waals surface area contributed by atoms with Crippen molar-refractivity contribution in [1.82, 2.24) is 19.9 Å². The van der Waals surface area contributed by atoms with Crippen LogP contribution in [-0.2, 0) is 7.05 Å². The predicted octanol–water partition coefficient (Wildman–Crippen LogP) is 3.62. The average molecular weight is 340 g/mol. The summed E-state index contributed by atoms with van der Waals surface area (Å²) in [6.07, 6.45) is 2.40. The van der Waals surface area contributed by atoms with Gasteiger partial charge in [-0.05, 0) is 36.6 Å². The Morgan fingerprint density at radius 1 is 1.24 bits per heavy atom. The van der Waals surface area contributed by atoms with Crippen molar-refractivity contribution in [2.75, 3.05) is 0 Å². The van der Waals surface area contributed by atoms with E-state index >= 15 is 0 Å². The Morgan fingerprint density at radius 3 is 2.68 bits per heavy atom. The van der Waals surface area contributed by atoms with Gasteiger partial charge in [-0.1, -0.05) is 26.0 Å². The molecule has 0 aliphatic carbocycles. The lowest BCUT2D eigenvalue weighted by molar-refractivity contribution is 0.0925. The third-order valence-electron chi connectivity index (χ3n) is 4.11. The Balaban J connectivity index is 1.95. The molecule has 5 nitrogen and oxygen atoms in total. The molecule has 1 N–H and O–H groups in total. The molecule has 1 atom stereocenters. The monoisotopic (exact) mass is 340 g/mol. The molecule has 0 fully saturated rings. The zero-order chi connectivity index (χ0) is 18.0. The number of benzene rings is 1. The van der Waals surface area contributed by atoms with Crippen LogP contribution in [0.25, 0.3) is 11.2 Å². The number of rotatable bonds is 5. The summed E-state index contributed by atoms with van der Waals surface area (Å²) in [4.78, 5) is 21.5.